The lowest BCUT2D eigenvalue weighted by molar-refractivity contribution is 0.107. The third-order valence-corrected chi connectivity index (χ3v) is 11.9. The van der Waals surface area contributed by atoms with Crippen molar-refractivity contribution in [2.75, 3.05) is 0 Å². The van der Waals surface area contributed by atoms with E-state index in [1.807, 2.05) is 22.9 Å². The molecule has 0 bridgehead atoms. The molecule has 4 aromatic rings. The van der Waals surface area contributed by atoms with E-state index in [4.69, 9.17) is 23.2 Å². The topological polar surface area (TPSA) is 34.1 Å². The number of carbonyl (C=O) groups excluding carboxylic acids is 2. The molecule has 0 saturated heterocycles. The summed E-state index contributed by atoms with van der Waals surface area (Å²) < 4.78 is 0. The highest BCUT2D eigenvalue weighted by Gasteiger charge is 2.43. The van der Waals surface area contributed by atoms with Crippen LogP contribution in [0.5, 0.6) is 0 Å². The van der Waals surface area contributed by atoms with Gasteiger partial charge in [-0.3, -0.25) is 9.59 Å². The molecule has 0 fully saturated rings. The minimum absolute atomic E-state index is 0.142. The summed E-state index contributed by atoms with van der Waals surface area (Å²) in [6, 6.07) is 17.2. The van der Waals surface area contributed by atoms with Gasteiger partial charge in [0.15, 0.2) is 0 Å². The van der Waals surface area contributed by atoms with Crippen LogP contribution in [0.1, 0.15) is 136 Å². The van der Waals surface area contributed by atoms with Crippen molar-refractivity contribution in [1.82, 2.24) is 0 Å². The molecule has 0 N–H and O–H groups in total. The van der Waals surface area contributed by atoms with Crippen LogP contribution in [0.25, 0.3) is 32.0 Å². The van der Waals surface area contributed by atoms with Crippen LogP contribution >= 0.6 is 45.9 Å². The van der Waals surface area contributed by atoms with Crippen LogP contribution in [0.2, 0.25) is 0 Å². The Hall–Kier alpha value is -2.24. The second-order valence-corrected chi connectivity index (χ2v) is 15.0. The highest BCUT2D eigenvalue weighted by atomic mass is 35.5. The summed E-state index contributed by atoms with van der Waals surface area (Å²) in [6.45, 7) is 4.54. The Kier molecular flexibility index (Phi) is 12.2. The van der Waals surface area contributed by atoms with Crippen LogP contribution in [-0.2, 0) is 5.41 Å². The molecule has 0 saturated carbocycles. The number of hydrogen-bond acceptors (Lipinski definition) is 4. The van der Waals surface area contributed by atoms with Gasteiger partial charge in [-0.1, -0.05) is 115 Å². The largest absolute Gasteiger partial charge is 0.276 e. The average molecular weight is 680 g/mol. The molecule has 1 aliphatic carbocycles. The number of rotatable bonds is 18. The number of carbonyl (C=O) groups is 2. The van der Waals surface area contributed by atoms with Crippen LogP contribution in [0.15, 0.2) is 59.3 Å². The van der Waals surface area contributed by atoms with Gasteiger partial charge in [0.25, 0.3) is 10.5 Å². The Bertz CT molecular complexity index is 1490. The third kappa shape index (κ3) is 7.51. The van der Waals surface area contributed by atoms with Crippen molar-refractivity contribution in [1.29, 1.82) is 0 Å². The van der Waals surface area contributed by atoms with E-state index in [9.17, 15) is 9.59 Å². The maximum absolute atomic E-state index is 12.3. The zero-order chi connectivity index (χ0) is 31.8. The number of fused-ring (bicyclic) bond motifs is 3. The monoisotopic (exact) mass is 678 g/mol. The van der Waals surface area contributed by atoms with E-state index in [1.165, 1.54) is 99.3 Å². The quantitative estimate of drug-likeness (QED) is 0.0775. The van der Waals surface area contributed by atoms with E-state index in [-0.39, 0.29) is 5.41 Å². The molecule has 5 rings (SSSR count). The highest BCUT2D eigenvalue weighted by molar-refractivity contribution is 7.14. The fourth-order valence-electron chi connectivity index (χ4n) is 7.23. The minimum Gasteiger partial charge on any atom is -0.276 e. The molecule has 0 aliphatic heterocycles. The maximum Gasteiger partial charge on any atom is 0.253 e. The van der Waals surface area contributed by atoms with Gasteiger partial charge in [-0.15, -0.1) is 22.7 Å². The van der Waals surface area contributed by atoms with E-state index in [0.29, 0.717) is 11.1 Å². The molecule has 0 unspecified atom stereocenters. The van der Waals surface area contributed by atoms with Crippen LogP contribution < -0.4 is 0 Å². The normalized spacial score (nSPS) is 13.2. The Morgan fingerprint density at radius 1 is 0.578 bits per heavy atom. The first-order valence-electron chi connectivity index (χ1n) is 16.8. The van der Waals surface area contributed by atoms with E-state index in [2.05, 4.69) is 50.2 Å². The van der Waals surface area contributed by atoms with Gasteiger partial charge in [-0.25, -0.2) is 0 Å². The summed E-state index contributed by atoms with van der Waals surface area (Å²) in [5.74, 6) is 0. The van der Waals surface area contributed by atoms with E-state index < -0.39 is 10.5 Å². The fourth-order valence-corrected chi connectivity index (χ4v) is 9.44. The van der Waals surface area contributed by atoms with Crippen molar-refractivity contribution in [3.8, 4) is 32.0 Å². The zero-order valence-electron chi connectivity index (χ0n) is 26.6. The predicted molar refractivity (Wildman–Crippen MR) is 196 cm³/mol. The second-order valence-electron chi connectivity index (χ2n) is 12.5. The summed E-state index contributed by atoms with van der Waals surface area (Å²) in [6.07, 6.45) is 17.2. The lowest BCUT2D eigenvalue weighted by atomic mass is 9.70. The first-order valence-corrected chi connectivity index (χ1v) is 19.3. The van der Waals surface area contributed by atoms with Crippen molar-refractivity contribution in [3.05, 3.63) is 81.5 Å². The van der Waals surface area contributed by atoms with Gasteiger partial charge in [0.1, 0.15) is 0 Å². The number of unbranched alkanes of at least 4 members (excludes halogenated alkanes) is 10. The summed E-state index contributed by atoms with van der Waals surface area (Å²) in [7, 11) is 0. The first-order chi connectivity index (χ1) is 21.9. The lowest BCUT2D eigenvalue weighted by Gasteiger charge is -2.33. The van der Waals surface area contributed by atoms with Gasteiger partial charge in [-0.2, -0.15) is 0 Å². The number of thiophene rings is 2. The van der Waals surface area contributed by atoms with Crippen LogP contribution in [0.3, 0.4) is 0 Å². The van der Waals surface area contributed by atoms with E-state index >= 15 is 0 Å². The molecule has 2 nitrogen and oxygen atoms in total. The maximum atomic E-state index is 12.3. The Labute approximate surface area is 287 Å². The molecular weight excluding hydrogens is 635 g/mol. The number of halogens is 2. The average Bonchev–Trinajstić information content (AvgIpc) is 3.78. The molecule has 0 atom stereocenters. The Morgan fingerprint density at radius 2 is 0.978 bits per heavy atom. The van der Waals surface area contributed by atoms with Gasteiger partial charge >= 0.3 is 0 Å². The van der Waals surface area contributed by atoms with Crippen molar-refractivity contribution in [2.24, 2.45) is 0 Å². The summed E-state index contributed by atoms with van der Waals surface area (Å²) >= 11 is 15.2. The van der Waals surface area contributed by atoms with Crippen LogP contribution in [0, 0.1) is 0 Å². The van der Waals surface area contributed by atoms with Crippen LogP contribution in [-0.4, -0.2) is 10.5 Å². The molecule has 238 valence electrons. The van der Waals surface area contributed by atoms with Crippen molar-refractivity contribution < 1.29 is 9.59 Å². The molecule has 0 radical (unpaired) electrons. The van der Waals surface area contributed by atoms with Gasteiger partial charge in [-0.05, 0) is 104 Å². The molecule has 45 heavy (non-hydrogen) atoms. The number of hydrogen-bond donors (Lipinski definition) is 0. The highest BCUT2D eigenvalue weighted by Crippen LogP contribution is 2.56. The molecule has 2 heterocycles. The van der Waals surface area contributed by atoms with Gasteiger partial charge in [0, 0.05) is 15.2 Å². The summed E-state index contributed by atoms with van der Waals surface area (Å²) in [4.78, 5) is 26.5. The Morgan fingerprint density at radius 3 is 1.38 bits per heavy atom. The van der Waals surface area contributed by atoms with Gasteiger partial charge < -0.3 is 0 Å². The molecule has 1 aliphatic rings. The van der Waals surface area contributed by atoms with E-state index in [1.54, 1.807) is 22.7 Å². The molecule has 2 aromatic heterocycles. The minimum atomic E-state index is -0.411. The predicted octanol–water partition coefficient (Wildman–Crippen LogP) is 13.7. The zero-order valence-corrected chi connectivity index (χ0v) is 29.7. The molecular formula is C39H44Cl2O2S2. The molecule has 2 aromatic carbocycles. The van der Waals surface area contributed by atoms with Gasteiger partial charge in [0.2, 0.25) is 0 Å². The molecule has 0 spiro atoms. The SMILES string of the molecule is CCCCCCCCC1(CCCCCCCC)c2cc(-c3sccc3C(=O)Cl)ccc2-c2ccc(-c3sccc3C(=O)Cl)cc21. The molecule has 6 heteroatoms. The van der Waals surface area contributed by atoms with Crippen molar-refractivity contribution in [2.45, 2.75) is 109 Å². The fraction of sp³-hybridized carbons (Fsp3) is 0.436. The first kappa shape index (κ1) is 34.1. The van der Waals surface area contributed by atoms with Crippen molar-refractivity contribution in [3.63, 3.8) is 0 Å². The standard InChI is InChI=1S/C39H44Cl2O2S2/c1-3-5-7-9-11-13-21-39(22-14-12-10-8-6-4-2)33-25-27(35-31(37(40)42)19-23-44-35)15-17-29(33)30-18-16-28(26-34(30)39)36-32(38(41)43)20-24-45-36/h15-20,23-26H,3-14,21-22H2,1-2H3. The summed E-state index contributed by atoms with van der Waals surface area (Å²) in [5.41, 5.74) is 8.44. The third-order valence-electron chi connectivity index (χ3n) is 9.55. The Balaban J connectivity index is 1.61. The summed E-state index contributed by atoms with van der Waals surface area (Å²) in [5, 5.41) is 3.09. The van der Waals surface area contributed by atoms with Crippen molar-refractivity contribution >= 4 is 56.4 Å². The smallest absolute Gasteiger partial charge is 0.253 e. The number of benzene rings is 2. The second kappa shape index (κ2) is 16.0. The van der Waals surface area contributed by atoms with E-state index in [0.717, 1.165) is 33.7 Å². The lowest BCUT2D eigenvalue weighted by Crippen LogP contribution is -2.25. The van der Waals surface area contributed by atoms with Crippen LogP contribution in [0.4, 0.5) is 0 Å². The molecule has 0 amide bonds. The van der Waals surface area contributed by atoms with Gasteiger partial charge in [0.05, 0.1) is 11.1 Å².